The van der Waals surface area contributed by atoms with Gasteiger partial charge in [0.2, 0.25) is 0 Å². The Morgan fingerprint density at radius 1 is 0.754 bits per heavy atom. The molecule has 8 aliphatic rings. The van der Waals surface area contributed by atoms with Gasteiger partial charge in [-0.05, 0) is 117 Å². The minimum Gasteiger partial charge on any atom is -0.457 e. The van der Waals surface area contributed by atoms with E-state index in [4.69, 9.17) is 33.2 Å². The van der Waals surface area contributed by atoms with E-state index in [0.29, 0.717) is 25.7 Å². The quantitative estimate of drug-likeness (QED) is 0.129. The Labute approximate surface area is 358 Å². The fourth-order valence-electron chi connectivity index (χ4n) is 15.5. The van der Waals surface area contributed by atoms with Crippen LogP contribution in [0.25, 0.3) is 0 Å². The van der Waals surface area contributed by atoms with Crippen molar-refractivity contribution in [2.75, 3.05) is 13.2 Å². The van der Waals surface area contributed by atoms with Crippen molar-refractivity contribution in [3.05, 3.63) is 0 Å². The molecule has 16 nitrogen and oxygen atoms in total. The predicted octanol–water partition coefficient (Wildman–Crippen LogP) is 1.87. The summed E-state index contributed by atoms with van der Waals surface area (Å²) < 4.78 is 43.4. The van der Waals surface area contributed by atoms with E-state index in [1.165, 1.54) is 13.8 Å². The van der Waals surface area contributed by atoms with Gasteiger partial charge in [0.25, 0.3) is 0 Å². The molecule has 0 aromatic rings. The van der Waals surface area contributed by atoms with Gasteiger partial charge in [0, 0.05) is 19.8 Å². The third-order valence-electron chi connectivity index (χ3n) is 18.2. The number of aliphatic hydroxyl groups excluding tert-OH is 6. The van der Waals surface area contributed by atoms with Crippen LogP contribution in [-0.4, -0.2) is 152 Å². The summed E-state index contributed by atoms with van der Waals surface area (Å²) in [5.74, 6) is -1.62. The lowest BCUT2D eigenvalue weighted by Crippen LogP contribution is -2.65. The fraction of sp³-hybridized carbons (Fsp3) is 0.956. The van der Waals surface area contributed by atoms with Gasteiger partial charge in [-0.1, -0.05) is 27.7 Å². The zero-order chi connectivity index (χ0) is 44.6. The highest BCUT2D eigenvalue weighted by atomic mass is 16.7. The maximum atomic E-state index is 12.3. The highest BCUT2D eigenvalue weighted by Crippen LogP contribution is 2.89. The number of carbonyl (C=O) groups is 2. The largest absolute Gasteiger partial charge is 0.457 e. The molecule has 21 atom stereocenters. The van der Waals surface area contributed by atoms with Gasteiger partial charge in [-0.2, -0.15) is 0 Å². The van der Waals surface area contributed by atoms with Crippen LogP contribution in [0.1, 0.15) is 120 Å². The van der Waals surface area contributed by atoms with Crippen LogP contribution in [0.15, 0.2) is 0 Å². The number of rotatable bonds is 9. The third-order valence-corrected chi connectivity index (χ3v) is 18.2. The summed E-state index contributed by atoms with van der Waals surface area (Å²) in [5, 5.41) is 77.6. The van der Waals surface area contributed by atoms with Crippen molar-refractivity contribution in [2.45, 2.75) is 211 Å². The Morgan fingerprint density at radius 3 is 2.07 bits per heavy atom. The van der Waals surface area contributed by atoms with Crippen molar-refractivity contribution in [1.29, 1.82) is 0 Å². The van der Waals surface area contributed by atoms with E-state index in [-0.39, 0.29) is 52.1 Å². The molecule has 0 amide bonds. The maximum absolute atomic E-state index is 12.3. The molecule has 7 N–H and O–H groups in total. The molecule has 0 aromatic heterocycles. The molecule has 16 unspecified atom stereocenters. The zero-order valence-electron chi connectivity index (χ0n) is 37.3. The predicted molar refractivity (Wildman–Crippen MR) is 213 cm³/mol. The number of hydrogen-bond acceptors (Lipinski definition) is 16. The van der Waals surface area contributed by atoms with E-state index in [2.05, 4.69) is 34.6 Å². The summed E-state index contributed by atoms with van der Waals surface area (Å²) >= 11 is 0. The summed E-state index contributed by atoms with van der Waals surface area (Å²) in [5.41, 5.74) is -3.44. The van der Waals surface area contributed by atoms with Gasteiger partial charge in [-0.15, -0.1) is 0 Å². The first-order valence-electron chi connectivity index (χ1n) is 22.6. The van der Waals surface area contributed by atoms with Crippen LogP contribution < -0.4 is 0 Å². The second kappa shape index (κ2) is 15.3. The highest BCUT2D eigenvalue weighted by Gasteiger charge is 2.85. The lowest BCUT2D eigenvalue weighted by atomic mass is 9.41. The molecule has 8 rings (SSSR count). The number of aliphatic hydroxyl groups is 7. The molecule has 0 aromatic carbocycles. The Morgan fingerprint density at radius 2 is 1.44 bits per heavy atom. The van der Waals surface area contributed by atoms with Crippen molar-refractivity contribution in [3.8, 4) is 0 Å². The van der Waals surface area contributed by atoms with Crippen LogP contribution in [0.4, 0.5) is 0 Å². The van der Waals surface area contributed by atoms with Crippen LogP contribution in [-0.2, 0) is 42.7 Å². The molecule has 0 radical (unpaired) electrons. The van der Waals surface area contributed by atoms with Gasteiger partial charge >= 0.3 is 11.9 Å². The molecule has 2 spiro atoms. The number of hydrogen-bond donors (Lipinski definition) is 7. The fourth-order valence-corrected chi connectivity index (χ4v) is 15.5. The summed E-state index contributed by atoms with van der Waals surface area (Å²) in [6, 6.07) is 0. The second-order valence-electron chi connectivity index (χ2n) is 22.2. The molecule has 3 aliphatic heterocycles. The third kappa shape index (κ3) is 6.89. The Bertz CT molecular complexity index is 1680. The molecule has 348 valence electrons. The van der Waals surface area contributed by atoms with E-state index in [1.807, 2.05) is 0 Å². The normalized spacial score (nSPS) is 53.8. The van der Waals surface area contributed by atoms with E-state index in [0.717, 1.165) is 32.1 Å². The van der Waals surface area contributed by atoms with Gasteiger partial charge in [-0.25, -0.2) is 0 Å². The highest BCUT2D eigenvalue weighted by molar-refractivity contribution is 5.67. The topological polar surface area (TPSA) is 240 Å². The second-order valence-corrected chi connectivity index (χ2v) is 22.2. The SMILES string of the molecule is CC(=O)OC1COC(OC2CC[C@]34C[C@]35CC[C@]3(C)C([C@@]6(C)CCC(C(C)(C)O)O6)C(O)C[C@@]3(C)C5CC(OC3OC(CO)C(O)C(O)C3O)C4C2(C)C)C(OC(C)=O)C1O. The molecule has 5 saturated carbocycles. The Balaban J connectivity index is 1.14. The summed E-state index contributed by atoms with van der Waals surface area (Å²) in [6.45, 7) is 16.2. The molecule has 0 bridgehead atoms. The van der Waals surface area contributed by atoms with Gasteiger partial charge in [-0.3, -0.25) is 9.59 Å². The number of ether oxygens (including phenoxy) is 7. The molecule has 16 heteroatoms. The molecule has 5 aliphatic carbocycles. The molecule has 3 heterocycles. The lowest BCUT2D eigenvalue weighted by Gasteiger charge is -2.65. The molecular weight excluding hydrogens is 796 g/mol. The van der Waals surface area contributed by atoms with Crippen molar-refractivity contribution in [2.24, 2.45) is 44.8 Å². The first-order valence-corrected chi connectivity index (χ1v) is 22.6. The molecule has 61 heavy (non-hydrogen) atoms. The summed E-state index contributed by atoms with van der Waals surface area (Å²) in [7, 11) is 0. The van der Waals surface area contributed by atoms with Crippen LogP contribution >= 0.6 is 0 Å². The van der Waals surface area contributed by atoms with Crippen LogP contribution in [0.3, 0.4) is 0 Å². The van der Waals surface area contributed by atoms with Crippen molar-refractivity contribution in [1.82, 2.24) is 0 Å². The average molecular weight is 869 g/mol. The van der Waals surface area contributed by atoms with E-state index >= 15 is 0 Å². The van der Waals surface area contributed by atoms with Gasteiger partial charge in [0.05, 0.1) is 48.8 Å². The maximum Gasteiger partial charge on any atom is 0.303 e. The minimum absolute atomic E-state index is 0.0660. The summed E-state index contributed by atoms with van der Waals surface area (Å²) in [4.78, 5) is 24.1. The first kappa shape index (κ1) is 46.0. The van der Waals surface area contributed by atoms with Crippen LogP contribution in [0.2, 0.25) is 0 Å². The van der Waals surface area contributed by atoms with Crippen LogP contribution in [0.5, 0.6) is 0 Å². The van der Waals surface area contributed by atoms with E-state index in [9.17, 15) is 45.3 Å². The number of fused-ring (bicyclic) bond motifs is 2. The summed E-state index contributed by atoms with van der Waals surface area (Å²) in [6.07, 6.45) is -7.81. The number of esters is 2. The van der Waals surface area contributed by atoms with Gasteiger partial charge in [0.1, 0.15) is 30.5 Å². The molecule has 8 fully saturated rings. The first-order chi connectivity index (χ1) is 28.3. The van der Waals surface area contributed by atoms with Gasteiger partial charge < -0.3 is 68.9 Å². The Hall–Kier alpha value is -1.54. The smallest absolute Gasteiger partial charge is 0.303 e. The van der Waals surface area contributed by atoms with E-state index in [1.54, 1.807) is 13.8 Å². The van der Waals surface area contributed by atoms with Gasteiger partial charge in [0.15, 0.2) is 24.8 Å². The Kier molecular flexibility index (Phi) is 11.5. The van der Waals surface area contributed by atoms with Crippen molar-refractivity contribution >= 4 is 11.9 Å². The molecule has 3 saturated heterocycles. The van der Waals surface area contributed by atoms with Crippen LogP contribution in [0, 0.1) is 44.8 Å². The lowest BCUT2D eigenvalue weighted by molar-refractivity contribution is -0.339. The standard InChI is InChI=1S/C45H72O16/c1-21(47)56-26-19-55-38(34(31(26)51)57-22(2)48)60-28-11-13-45-20-44(45)15-14-41(7)35(43(9)12-10-29(61-43)40(5,6)54)23(49)17-42(41,8)27(44)16-24(36(45)39(28,3)4)58-37-33(53)32(52)30(50)25(18-46)59-37/h23-38,46,49-54H,10-20H2,1-9H3/t23?,24?,25?,26?,27?,28?,29?,30?,31?,32?,33?,34?,35?,36?,37?,38?,41-,42+,43-,44+,45-/m1/s1. The minimum atomic E-state index is -1.63. The average Bonchev–Trinajstić information content (AvgIpc) is 3.52. The zero-order valence-corrected chi connectivity index (χ0v) is 37.3. The van der Waals surface area contributed by atoms with Crippen molar-refractivity contribution < 1.29 is 78.5 Å². The van der Waals surface area contributed by atoms with E-state index < -0.39 is 109 Å². The number of carbonyl (C=O) groups excluding carboxylic acids is 2. The monoisotopic (exact) mass is 868 g/mol. The molecular formula is C45H72O16. The van der Waals surface area contributed by atoms with Crippen molar-refractivity contribution in [3.63, 3.8) is 0 Å².